The lowest BCUT2D eigenvalue weighted by molar-refractivity contribution is -0.142. The van der Waals surface area contributed by atoms with Gasteiger partial charge in [-0.25, -0.2) is 9.59 Å². The Morgan fingerprint density at radius 1 is 1.32 bits per heavy atom. The van der Waals surface area contributed by atoms with E-state index in [2.05, 4.69) is 0 Å². The Kier molecular flexibility index (Phi) is 5.16. The predicted octanol–water partition coefficient (Wildman–Crippen LogP) is 2.23. The molecule has 0 aliphatic rings. The molecule has 0 radical (unpaired) electrons. The highest BCUT2D eigenvalue weighted by Crippen LogP contribution is 2.23. The molecule has 0 aliphatic carbocycles. The highest BCUT2D eigenvalue weighted by molar-refractivity contribution is 5.96. The van der Waals surface area contributed by atoms with Crippen LogP contribution >= 0.6 is 0 Å². The fourth-order valence-electron chi connectivity index (χ4n) is 2.36. The number of carbonyl (C=O) groups is 2. The van der Waals surface area contributed by atoms with Crippen LogP contribution in [0.3, 0.4) is 0 Å². The van der Waals surface area contributed by atoms with E-state index in [1.807, 2.05) is 29.7 Å². The normalized spacial score (nSPS) is 10.8. The fraction of sp³-hybridized carbons (Fsp3) is 0.375. The first kappa shape index (κ1) is 16.0. The van der Waals surface area contributed by atoms with Crippen LogP contribution in [0.15, 0.2) is 24.3 Å². The van der Waals surface area contributed by atoms with E-state index in [0.717, 1.165) is 16.5 Å². The van der Waals surface area contributed by atoms with E-state index in [1.54, 1.807) is 13.0 Å². The van der Waals surface area contributed by atoms with Gasteiger partial charge in [-0.2, -0.15) is 0 Å². The average Bonchev–Trinajstić information content (AvgIpc) is 2.84. The van der Waals surface area contributed by atoms with E-state index in [4.69, 9.17) is 14.6 Å². The molecule has 0 spiro atoms. The topological polar surface area (TPSA) is 77.8 Å². The molecule has 6 nitrogen and oxygen atoms in total. The number of nitrogens with zero attached hydrogens (tertiary/aromatic N) is 1. The van der Waals surface area contributed by atoms with Crippen molar-refractivity contribution in [3.8, 4) is 0 Å². The molecule has 0 aliphatic heterocycles. The standard InChI is InChI=1S/C16H19NO5/c1-3-22-16(20)14-9-12-11(2)5-4-6-13(12)17(14)7-8-21-10-15(18)19/h4-6,9H,3,7-8,10H2,1-2H3,(H,18,19). The molecular weight excluding hydrogens is 286 g/mol. The summed E-state index contributed by atoms with van der Waals surface area (Å²) in [6.45, 7) is 4.27. The van der Waals surface area contributed by atoms with Crippen LogP contribution < -0.4 is 0 Å². The van der Waals surface area contributed by atoms with Gasteiger partial charge in [0.2, 0.25) is 0 Å². The minimum Gasteiger partial charge on any atom is -0.480 e. The van der Waals surface area contributed by atoms with E-state index < -0.39 is 11.9 Å². The molecule has 1 N–H and O–H groups in total. The number of aromatic nitrogens is 1. The summed E-state index contributed by atoms with van der Waals surface area (Å²) in [7, 11) is 0. The number of carbonyl (C=O) groups excluding carboxylic acids is 1. The molecule has 1 aromatic heterocycles. The number of ether oxygens (including phenoxy) is 2. The van der Waals surface area contributed by atoms with Gasteiger partial charge in [0.05, 0.1) is 13.2 Å². The quantitative estimate of drug-likeness (QED) is 0.627. The van der Waals surface area contributed by atoms with Crippen LogP contribution in [0.25, 0.3) is 10.9 Å². The van der Waals surface area contributed by atoms with Crippen molar-refractivity contribution in [3.05, 3.63) is 35.5 Å². The first-order valence-corrected chi connectivity index (χ1v) is 7.10. The number of carboxylic acids is 1. The fourth-order valence-corrected chi connectivity index (χ4v) is 2.36. The van der Waals surface area contributed by atoms with Gasteiger partial charge in [-0.3, -0.25) is 0 Å². The second-order valence-electron chi connectivity index (χ2n) is 4.86. The van der Waals surface area contributed by atoms with Crippen LogP contribution in [0.1, 0.15) is 23.0 Å². The molecule has 0 amide bonds. The number of rotatable bonds is 7. The van der Waals surface area contributed by atoms with Gasteiger partial charge in [-0.15, -0.1) is 0 Å². The lowest BCUT2D eigenvalue weighted by Crippen LogP contribution is -2.16. The summed E-state index contributed by atoms with van der Waals surface area (Å²) in [4.78, 5) is 22.6. The number of hydrogen-bond acceptors (Lipinski definition) is 4. The van der Waals surface area contributed by atoms with Crippen molar-refractivity contribution in [1.29, 1.82) is 0 Å². The van der Waals surface area contributed by atoms with Crippen molar-refractivity contribution >= 4 is 22.8 Å². The number of carboxylic acid groups (broad SMARTS) is 1. The smallest absolute Gasteiger partial charge is 0.354 e. The summed E-state index contributed by atoms with van der Waals surface area (Å²) in [5, 5.41) is 9.56. The zero-order valence-electron chi connectivity index (χ0n) is 12.7. The third kappa shape index (κ3) is 3.46. The molecule has 6 heteroatoms. The first-order chi connectivity index (χ1) is 10.5. The summed E-state index contributed by atoms with van der Waals surface area (Å²) < 4.78 is 12.0. The first-order valence-electron chi connectivity index (χ1n) is 7.10. The van der Waals surface area contributed by atoms with Crippen LogP contribution in [0, 0.1) is 6.92 Å². The van der Waals surface area contributed by atoms with E-state index in [9.17, 15) is 9.59 Å². The van der Waals surface area contributed by atoms with Crippen molar-refractivity contribution in [1.82, 2.24) is 4.57 Å². The maximum Gasteiger partial charge on any atom is 0.354 e. The molecule has 0 unspecified atom stereocenters. The van der Waals surface area contributed by atoms with E-state index in [1.165, 1.54) is 0 Å². The van der Waals surface area contributed by atoms with Gasteiger partial charge in [0.25, 0.3) is 0 Å². The molecule has 0 saturated carbocycles. The molecule has 0 saturated heterocycles. The Balaban J connectivity index is 2.31. The third-order valence-corrected chi connectivity index (χ3v) is 3.33. The Morgan fingerprint density at radius 3 is 2.77 bits per heavy atom. The van der Waals surface area contributed by atoms with Crippen molar-refractivity contribution < 1.29 is 24.2 Å². The molecule has 1 heterocycles. The summed E-state index contributed by atoms with van der Waals surface area (Å²) in [5.41, 5.74) is 2.42. The molecule has 2 rings (SSSR count). The largest absolute Gasteiger partial charge is 0.480 e. The molecular formula is C16H19NO5. The molecule has 2 aromatic rings. The lowest BCUT2D eigenvalue weighted by Gasteiger charge is -2.10. The SMILES string of the molecule is CCOC(=O)c1cc2c(C)cccc2n1CCOCC(=O)O. The third-order valence-electron chi connectivity index (χ3n) is 3.33. The zero-order chi connectivity index (χ0) is 16.1. The zero-order valence-corrected chi connectivity index (χ0v) is 12.7. The Morgan fingerprint density at radius 2 is 2.09 bits per heavy atom. The van der Waals surface area contributed by atoms with E-state index >= 15 is 0 Å². The summed E-state index contributed by atoms with van der Waals surface area (Å²) in [5.74, 6) is -1.41. The number of aliphatic carboxylic acids is 1. The molecule has 0 atom stereocenters. The van der Waals surface area contributed by atoms with Crippen LogP contribution in [0.4, 0.5) is 0 Å². The van der Waals surface area contributed by atoms with Gasteiger partial charge in [-0.05, 0) is 31.5 Å². The number of esters is 1. The number of hydrogen-bond donors (Lipinski definition) is 1. The second kappa shape index (κ2) is 7.09. The van der Waals surface area contributed by atoms with Gasteiger partial charge in [-0.1, -0.05) is 12.1 Å². The summed E-state index contributed by atoms with van der Waals surface area (Å²) in [6.07, 6.45) is 0. The van der Waals surface area contributed by atoms with Gasteiger partial charge < -0.3 is 19.1 Å². The Labute approximate surface area is 128 Å². The lowest BCUT2D eigenvalue weighted by atomic mass is 10.1. The van der Waals surface area contributed by atoms with Crippen molar-refractivity contribution in [2.75, 3.05) is 19.8 Å². The van der Waals surface area contributed by atoms with Crippen molar-refractivity contribution in [2.24, 2.45) is 0 Å². The molecule has 0 fully saturated rings. The maximum atomic E-state index is 12.1. The molecule has 1 aromatic carbocycles. The number of aryl methyl sites for hydroxylation is 1. The monoisotopic (exact) mass is 305 g/mol. The minimum atomic E-state index is -1.01. The van der Waals surface area contributed by atoms with Gasteiger partial charge in [0, 0.05) is 17.4 Å². The Hall–Kier alpha value is -2.34. The second-order valence-corrected chi connectivity index (χ2v) is 4.86. The Bertz CT molecular complexity index is 689. The molecule has 22 heavy (non-hydrogen) atoms. The van der Waals surface area contributed by atoms with Crippen LogP contribution in [-0.4, -0.2) is 41.4 Å². The van der Waals surface area contributed by atoms with E-state index in [0.29, 0.717) is 18.8 Å². The molecule has 0 bridgehead atoms. The highest BCUT2D eigenvalue weighted by Gasteiger charge is 2.17. The maximum absolute atomic E-state index is 12.1. The summed E-state index contributed by atoms with van der Waals surface area (Å²) in [6, 6.07) is 7.62. The van der Waals surface area contributed by atoms with Gasteiger partial charge >= 0.3 is 11.9 Å². The molecule has 118 valence electrons. The van der Waals surface area contributed by atoms with Gasteiger partial charge in [0.15, 0.2) is 0 Å². The number of fused-ring (bicyclic) bond motifs is 1. The van der Waals surface area contributed by atoms with Crippen molar-refractivity contribution in [3.63, 3.8) is 0 Å². The minimum absolute atomic E-state index is 0.205. The van der Waals surface area contributed by atoms with Crippen LogP contribution in [0.2, 0.25) is 0 Å². The average molecular weight is 305 g/mol. The van der Waals surface area contributed by atoms with Crippen LogP contribution in [0.5, 0.6) is 0 Å². The van der Waals surface area contributed by atoms with Gasteiger partial charge in [0.1, 0.15) is 12.3 Å². The summed E-state index contributed by atoms with van der Waals surface area (Å²) >= 11 is 0. The van der Waals surface area contributed by atoms with Crippen molar-refractivity contribution in [2.45, 2.75) is 20.4 Å². The number of benzene rings is 1. The predicted molar refractivity (Wildman–Crippen MR) is 81.1 cm³/mol. The van der Waals surface area contributed by atoms with Crippen LogP contribution in [-0.2, 0) is 20.8 Å². The highest BCUT2D eigenvalue weighted by atomic mass is 16.5. The van der Waals surface area contributed by atoms with E-state index in [-0.39, 0.29) is 13.2 Å².